The molecular formula is C30H32N2O. The third-order valence-corrected chi connectivity index (χ3v) is 6.75. The number of allylic oxidation sites excluding steroid dienone is 2. The number of hydrogen-bond acceptors (Lipinski definition) is 3. The van der Waals surface area contributed by atoms with Gasteiger partial charge in [0.25, 0.3) is 0 Å². The van der Waals surface area contributed by atoms with Gasteiger partial charge in [-0.2, -0.15) is 0 Å². The summed E-state index contributed by atoms with van der Waals surface area (Å²) >= 11 is 0. The molecule has 0 amide bonds. The molecule has 3 aromatic rings. The van der Waals surface area contributed by atoms with E-state index >= 15 is 0 Å². The van der Waals surface area contributed by atoms with Crippen LogP contribution in [0.5, 0.6) is 0 Å². The molecule has 3 heteroatoms. The monoisotopic (exact) mass is 436 g/mol. The predicted octanol–water partition coefficient (Wildman–Crippen LogP) is 7.67. The van der Waals surface area contributed by atoms with Gasteiger partial charge in [-0.05, 0) is 67.5 Å². The van der Waals surface area contributed by atoms with Crippen LogP contribution in [0.4, 0.5) is 5.69 Å². The summed E-state index contributed by atoms with van der Waals surface area (Å²) in [5, 5.41) is 0. The van der Waals surface area contributed by atoms with E-state index in [9.17, 15) is 0 Å². The van der Waals surface area contributed by atoms with Gasteiger partial charge in [0, 0.05) is 48.2 Å². The molecule has 3 nitrogen and oxygen atoms in total. The van der Waals surface area contributed by atoms with Gasteiger partial charge in [-0.3, -0.25) is 9.98 Å². The van der Waals surface area contributed by atoms with Crippen LogP contribution in [0, 0.1) is 18.8 Å². The molecule has 2 aromatic carbocycles. The van der Waals surface area contributed by atoms with Crippen molar-refractivity contribution in [2.24, 2.45) is 16.8 Å². The summed E-state index contributed by atoms with van der Waals surface area (Å²) in [7, 11) is 0. The largest absolute Gasteiger partial charge is 0.381 e. The molecule has 2 aliphatic heterocycles. The maximum absolute atomic E-state index is 5.84. The molecule has 1 aromatic heterocycles. The van der Waals surface area contributed by atoms with Crippen molar-refractivity contribution in [3.63, 3.8) is 0 Å². The number of benzene rings is 2. The Morgan fingerprint density at radius 1 is 0.879 bits per heavy atom. The van der Waals surface area contributed by atoms with Gasteiger partial charge in [0.05, 0.1) is 11.4 Å². The summed E-state index contributed by atoms with van der Waals surface area (Å²) in [6, 6.07) is 19.5. The molecule has 33 heavy (non-hydrogen) atoms. The number of nitrogens with zero attached hydrogens (tertiary/aromatic N) is 2. The lowest BCUT2D eigenvalue weighted by Gasteiger charge is -2.24. The smallest absolute Gasteiger partial charge is 0.0780 e. The predicted molar refractivity (Wildman–Crippen MR) is 138 cm³/mol. The second kappa shape index (κ2) is 9.84. The Labute approximate surface area is 197 Å². The van der Waals surface area contributed by atoms with Crippen LogP contribution in [0.15, 0.2) is 71.9 Å². The van der Waals surface area contributed by atoms with E-state index in [0.29, 0.717) is 11.8 Å². The summed E-state index contributed by atoms with van der Waals surface area (Å²) in [5.41, 5.74) is 9.53. The Hall–Kier alpha value is -3.04. The van der Waals surface area contributed by atoms with E-state index in [1.165, 1.54) is 35.1 Å². The Balaban J connectivity index is 1.60. The fourth-order valence-corrected chi connectivity index (χ4v) is 5.06. The summed E-state index contributed by atoms with van der Waals surface area (Å²) in [4.78, 5) is 9.64. The van der Waals surface area contributed by atoms with E-state index in [0.717, 1.165) is 48.6 Å². The fraction of sp³-hybridized carbons (Fsp3) is 0.333. The first-order valence-electron chi connectivity index (χ1n) is 12.2. The number of aryl methyl sites for hydroxylation is 1. The van der Waals surface area contributed by atoms with Gasteiger partial charge in [0.15, 0.2) is 0 Å². The molecule has 0 spiro atoms. The Kier molecular flexibility index (Phi) is 6.50. The zero-order chi connectivity index (χ0) is 22.6. The van der Waals surface area contributed by atoms with E-state index < -0.39 is 0 Å². The van der Waals surface area contributed by atoms with Crippen molar-refractivity contribution in [1.29, 1.82) is 0 Å². The molecule has 1 saturated heterocycles. The fourth-order valence-electron chi connectivity index (χ4n) is 5.06. The summed E-state index contributed by atoms with van der Waals surface area (Å²) in [6.07, 6.45) is 11.0. The topological polar surface area (TPSA) is 34.5 Å². The SMILES string of the molecule is Cc1cccc(-c2ncccc2-c2ccc3c(c2)C(C2CCCCOCC2)=CC(C)C=N3)c1. The lowest BCUT2D eigenvalue weighted by Crippen LogP contribution is -2.13. The zero-order valence-electron chi connectivity index (χ0n) is 19.6. The minimum atomic E-state index is 0.323. The third-order valence-electron chi connectivity index (χ3n) is 6.75. The first-order valence-corrected chi connectivity index (χ1v) is 12.2. The molecule has 2 aliphatic rings. The van der Waals surface area contributed by atoms with Crippen molar-refractivity contribution >= 4 is 17.5 Å². The highest BCUT2D eigenvalue weighted by Gasteiger charge is 2.23. The number of rotatable bonds is 3. The number of aromatic nitrogens is 1. The molecule has 0 radical (unpaired) electrons. The van der Waals surface area contributed by atoms with Crippen LogP contribution in [0.2, 0.25) is 0 Å². The quantitative estimate of drug-likeness (QED) is 0.422. The molecule has 0 bridgehead atoms. The summed E-state index contributed by atoms with van der Waals surface area (Å²) in [6.45, 7) is 6.09. The third kappa shape index (κ3) is 4.84. The van der Waals surface area contributed by atoms with Gasteiger partial charge in [-0.15, -0.1) is 0 Å². The zero-order valence-corrected chi connectivity index (χ0v) is 19.6. The highest BCUT2D eigenvalue weighted by Crippen LogP contribution is 2.41. The van der Waals surface area contributed by atoms with E-state index in [2.05, 4.69) is 74.7 Å². The summed E-state index contributed by atoms with van der Waals surface area (Å²) in [5.74, 6) is 0.831. The molecule has 0 N–H and O–H groups in total. The molecule has 0 saturated carbocycles. The van der Waals surface area contributed by atoms with Crippen LogP contribution < -0.4 is 0 Å². The Morgan fingerprint density at radius 2 is 1.82 bits per heavy atom. The van der Waals surface area contributed by atoms with Gasteiger partial charge in [0.2, 0.25) is 0 Å². The van der Waals surface area contributed by atoms with Crippen molar-refractivity contribution in [1.82, 2.24) is 4.98 Å². The van der Waals surface area contributed by atoms with Crippen molar-refractivity contribution in [3.8, 4) is 22.4 Å². The van der Waals surface area contributed by atoms with Gasteiger partial charge < -0.3 is 4.74 Å². The molecule has 2 atom stereocenters. The van der Waals surface area contributed by atoms with E-state index in [-0.39, 0.29) is 0 Å². The Morgan fingerprint density at radius 3 is 2.73 bits per heavy atom. The molecule has 5 rings (SSSR count). The van der Waals surface area contributed by atoms with Crippen LogP contribution in [0.1, 0.15) is 43.7 Å². The van der Waals surface area contributed by atoms with Crippen molar-refractivity contribution in [2.45, 2.75) is 39.5 Å². The van der Waals surface area contributed by atoms with Crippen LogP contribution in [-0.4, -0.2) is 24.4 Å². The van der Waals surface area contributed by atoms with Crippen molar-refractivity contribution < 1.29 is 4.74 Å². The first-order chi connectivity index (χ1) is 16.2. The minimum absolute atomic E-state index is 0.323. The van der Waals surface area contributed by atoms with Gasteiger partial charge in [-0.1, -0.05) is 55.3 Å². The average Bonchev–Trinajstić information content (AvgIpc) is 2.97. The van der Waals surface area contributed by atoms with Crippen molar-refractivity contribution in [2.75, 3.05) is 13.2 Å². The second-order valence-electron chi connectivity index (χ2n) is 9.35. The first kappa shape index (κ1) is 21.8. The van der Waals surface area contributed by atoms with Crippen LogP contribution in [0.25, 0.3) is 28.0 Å². The number of fused-ring (bicyclic) bond motifs is 1. The summed E-state index contributed by atoms with van der Waals surface area (Å²) < 4.78 is 5.84. The van der Waals surface area contributed by atoms with Gasteiger partial charge >= 0.3 is 0 Å². The maximum atomic E-state index is 5.84. The molecule has 1 fully saturated rings. The molecule has 0 aliphatic carbocycles. The van der Waals surface area contributed by atoms with Crippen molar-refractivity contribution in [3.05, 3.63) is 78.0 Å². The highest BCUT2D eigenvalue weighted by atomic mass is 16.5. The van der Waals surface area contributed by atoms with Gasteiger partial charge in [0.1, 0.15) is 0 Å². The normalized spacial score (nSPS) is 20.8. The van der Waals surface area contributed by atoms with Gasteiger partial charge in [-0.25, -0.2) is 0 Å². The number of hydrogen-bond donors (Lipinski definition) is 0. The highest BCUT2D eigenvalue weighted by molar-refractivity contribution is 5.89. The molecule has 168 valence electrons. The average molecular weight is 437 g/mol. The number of ether oxygens (including phenoxy) is 1. The lowest BCUT2D eigenvalue weighted by atomic mass is 9.83. The number of pyridine rings is 1. The van der Waals surface area contributed by atoms with Crippen LogP contribution in [-0.2, 0) is 4.74 Å². The standard InChI is InChI=1S/C30H32N2O/c1-21-7-5-9-25(17-21)30-26(10-6-14-31-30)24-11-12-29-28(19-24)27(18-22(2)20-32-29)23-8-3-4-15-33-16-13-23/h5-7,9-12,14,17-20,22-23H,3-4,8,13,15-16H2,1-2H3. The van der Waals surface area contributed by atoms with Crippen LogP contribution in [0.3, 0.4) is 0 Å². The van der Waals surface area contributed by atoms with Crippen LogP contribution >= 0.6 is 0 Å². The molecular weight excluding hydrogens is 404 g/mol. The molecule has 3 heterocycles. The van der Waals surface area contributed by atoms with E-state index in [1.807, 2.05) is 12.3 Å². The van der Waals surface area contributed by atoms with E-state index in [4.69, 9.17) is 14.7 Å². The Bertz CT molecular complexity index is 1190. The van der Waals surface area contributed by atoms with E-state index in [1.54, 1.807) is 0 Å². The number of aliphatic imine (C=N–C) groups is 1. The maximum Gasteiger partial charge on any atom is 0.0780 e. The lowest BCUT2D eigenvalue weighted by molar-refractivity contribution is 0.108. The molecule has 2 unspecified atom stereocenters. The second-order valence-corrected chi connectivity index (χ2v) is 9.35. The minimum Gasteiger partial charge on any atom is -0.381 e.